The number of nitrogens with one attached hydrogen (secondary N) is 7. The second kappa shape index (κ2) is 39.6. The van der Waals surface area contributed by atoms with Crippen molar-refractivity contribution in [3.05, 3.63) is 52.0 Å². The van der Waals surface area contributed by atoms with Gasteiger partial charge in [0.25, 0.3) is 17.7 Å². The van der Waals surface area contributed by atoms with E-state index in [2.05, 4.69) is 42.2 Å². The minimum atomic E-state index is -1.27. The Balaban J connectivity index is 1.76. The number of aliphatic carboxylic acids is 1. The smallest absolute Gasteiger partial charge is 0.303 e. The van der Waals surface area contributed by atoms with E-state index in [1.807, 2.05) is 46.4 Å². The highest BCUT2D eigenvalue weighted by Gasteiger charge is 2.38. The third kappa shape index (κ3) is 26.6. The molecule has 0 saturated heterocycles. The molecular formula is C64H99N11O17S. The van der Waals surface area contributed by atoms with Gasteiger partial charge in [0, 0.05) is 83.0 Å². The molecule has 93 heavy (non-hydrogen) atoms. The van der Waals surface area contributed by atoms with Gasteiger partial charge < -0.3 is 66.5 Å². The number of phenols is 1. The molecule has 0 fully saturated rings. The van der Waals surface area contributed by atoms with E-state index in [0.717, 1.165) is 28.4 Å². The number of imide groups is 1. The van der Waals surface area contributed by atoms with Gasteiger partial charge in [0.2, 0.25) is 41.4 Å². The molecule has 9 N–H and O–H groups in total. The summed E-state index contributed by atoms with van der Waals surface area (Å²) < 4.78 is 15.9. The first-order valence-corrected chi connectivity index (χ1v) is 32.5. The van der Waals surface area contributed by atoms with Gasteiger partial charge in [0.05, 0.1) is 24.9 Å². The molecule has 2 heterocycles. The van der Waals surface area contributed by atoms with E-state index in [0.29, 0.717) is 31.4 Å². The molecule has 0 spiro atoms. The van der Waals surface area contributed by atoms with Crippen molar-refractivity contribution >= 4 is 88.0 Å². The molecule has 10 amide bonds. The molecular weight excluding hydrogens is 1230 g/mol. The molecule has 0 unspecified atom stereocenters. The lowest BCUT2D eigenvalue weighted by molar-refractivity contribution is -0.149. The Morgan fingerprint density at radius 3 is 2.00 bits per heavy atom. The number of aromatic hydroxyl groups is 1. The topological polar surface area (TPSA) is 380 Å². The van der Waals surface area contributed by atoms with Crippen LogP contribution in [0.4, 0.5) is 5.69 Å². The summed E-state index contributed by atoms with van der Waals surface area (Å²) >= 11 is 1.05. The molecule has 28 nitrogen and oxygen atoms in total. The number of hydrogen-bond acceptors (Lipinski definition) is 19. The molecule has 0 radical (unpaired) electrons. The molecule has 9 atom stereocenters. The van der Waals surface area contributed by atoms with Crippen LogP contribution in [0, 0.1) is 23.7 Å². The van der Waals surface area contributed by atoms with Crippen molar-refractivity contribution in [3.8, 4) is 5.75 Å². The van der Waals surface area contributed by atoms with Crippen LogP contribution in [0.5, 0.6) is 5.75 Å². The first-order valence-electron chi connectivity index (χ1n) is 31.6. The Morgan fingerprint density at radius 1 is 0.742 bits per heavy atom. The van der Waals surface area contributed by atoms with Gasteiger partial charge in [0.1, 0.15) is 47.2 Å². The van der Waals surface area contributed by atoms with E-state index in [-0.39, 0.29) is 129 Å². The number of carbonyl (C=O) groups is 12. The average Bonchev–Trinajstić information content (AvgIpc) is 1.80. The van der Waals surface area contributed by atoms with Gasteiger partial charge in [-0.3, -0.25) is 67.3 Å². The van der Waals surface area contributed by atoms with Gasteiger partial charge in [-0.05, 0) is 101 Å². The van der Waals surface area contributed by atoms with E-state index in [4.69, 9.17) is 14.2 Å². The van der Waals surface area contributed by atoms with Crippen LogP contribution in [0.2, 0.25) is 0 Å². The zero-order chi connectivity index (χ0) is 69.8. The van der Waals surface area contributed by atoms with Gasteiger partial charge in [-0.1, -0.05) is 67.9 Å². The van der Waals surface area contributed by atoms with Crippen molar-refractivity contribution in [1.82, 2.24) is 51.6 Å². The van der Waals surface area contributed by atoms with E-state index in [1.165, 1.54) is 44.5 Å². The van der Waals surface area contributed by atoms with Crippen molar-refractivity contribution < 1.29 is 82.0 Å². The van der Waals surface area contributed by atoms with Crippen molar-refractivity contribution in [2.24, 2.45) is 23.7 Å². The summed E-state index contributed by atoms with van der Waals surface area (Å²) in [7, 11) is 6.76. The number of aromatic nitrogens is 1. The second-order valence-corrected chi connectivity index (χ2v) is 25.5. The van der Waals surface area contributed by atoms with Crippen LogP contribution in [0.3, 0.4) is 0 Å². The number of unbranched alkanes of at least 4 members (excludes halogenated alkanes) is 1. The van der Waals surface area contributed by atoms with Crippen molar-refractivity contribution in [3.63, 3.8) is 0 Å². The number of phenolic OH excluding ortho intramolecular Hbond substituents is 1. The van der Waals surface area contributed by atoms with Crippen molar-refractivity contribution in [2.45, 2.75) is 182 Å². The van der Waals surface area contributed by atoms with Crippen molar-refractivity contribution in [2.75, 3.05) is 66.5 Å². The molecule has 3 rings (SSSR count). The van der Waals surface area contributed by atoms with Crippen molar-refractivity contribution in [1.29, 1.82) is 0 Å². The predicted molar refractivity (Wildman–Crippen MR) is 346 cm³/mol. The fraction of sp³-hybridized carbons (Fsp3) is 0.641. The van der Waals surface area contributed by atoms with Gasteiger partial charge in [0.15, 0.2) is 6.10 Å². The van der Waals surface area contributed by atoms with E-state index < -0.39 is 108 Å². The van der Waals surface area contributed by atoms with E-state index in [1.54, 1.807) is 39.9 Å². The van der Waals surface area contributed by atoms with Gasteiger partial charge in [-0.15, -0.1) is 11.3 Å². The summed E-state index contributed by atoms with van der Waals surface area (Å²) in [4.78, 5) is 167. The molecule has 1 aromatic carbocycles. The molecule has 1 aliphatic rings. The van der Waals surface area contributed by atoms with Crippen LogP contribution in [0.25, 0.3) is 0 Å². The molecule has 0 bridgehead atoms. The highest BCUT2D eigenvalue weighted by molar-refractivity contribution is 7.09. The number of amides is 10. The number of rotatable bonds is 42. The summed E-state index contributed by atoms with van der Waals surface area (Å²) in [6.07, 6.45) is 2.32. The molecule has 29 heteroatoms. The number of anilines is 1. The van der Waals surface area contributed by atoms with E-state index in [9.17, 15) is 67.7 Å². The number of hydrogen-bond donors (Lipinski definition) is 9. The summed E-state index contributed by atoms with van der Waals surface area (Å²) in [6, 6.07) is -2.15. The number of carboxylic acids is 1. The maximum Gasteiger partial charge on any atom is 0.303 e. The summed E-state index contributed by atoms with van der Waals surface area (Å²) in [5.41, 5.74) is 0.297. The molecule has 1 aliphatic heterocycles. The van der Waals surface area contributed by atoms with Gasteiger partial charge in [-0.2, -0.15) is 0 Å². The first kappa shape index (κ1) is 79.3. The standard InChI is InChI=1S/C64H99N11O17S/c1-15-39(8)56(72-62(88)57(38(6)7)73(11)12)64(89)74(13)47(36(2)3)33-49(92-41(10)76)63-70-46(35-93-63)60(86)67-43(22-26-54(82)83)31-42-21-23-48(77)45(32-42)69-58(84)40(9)66-61(87)55(37(4)5)71-59(85)44(19-16-17-27-65-51(79)34-91-30-29-90-14)68-50(78)20-18-28-75-52(80)24-25-53(75)81/h21,23-25,32,35-40,43-44,47,49,55-57,77H,15-20,22,26-31,33-34H2,1-14H3,(H,65,79)(H,66,87)(H,67,86)(H,68,78)(H,69,84)(H,71,85)(H,72,88)(H,82,83)/t39-,40-,43+,44-,47+,49+,55-,56-,57-/m0/s1. The molecule has 0 saturated carbocycles. The lowest BCUT2D eigenvalue weighted by atomic mass is 9.92. The number of benzene rings is 1. The van der Waals surface area contributed by atoms with Gasteiger partial charge >= 0.3 is 11.9 Å². The number of likely N-dealkylation sites (N-methyl/N-ethyl adjacent to an activating group) is 2. The largest absolute Gasteiger partial charge is 0.506 e. The van der Waals surface area contributed by atoms with Gasteiger partial charge in [-0.25, -0.2) is 4.98 Å². The van der Waals surface area contributed by atoms with Crippen LogP contribution in [0.1, 0.15) is 154 Å². The average molecular weight is 1330 g/mol. The SMILES string of the molecule is CC[C@H](C)[C@H](NC(=O)[C@H](C(C)C)N(C)C)C(=O)N(C)[C@H](C[C@@H](OC(C)=O)c1nc(C(=O)N[C@H](CCC(=O)O)Cc2ccc(O)c(NC(=O)[C@H](C)NC(=O)[C@@H](NC(=O)[C@H](CCCCNC(=O)COCCOC)NC(=O)CCCN3C(=O)C=CC3=O)C(C)C)c2)cs1)C(C)C. The molecule has 518 valence electrons. The summed E-state index contributed by atoms with van der Waals surface area (Å²) in [5, 5.41) is 41.5. The third-order valence-corrected chi connectivity index (χ3v) is 16.7. The fourth-order valence-electron chi connectivity index (χ4n) is 10.4. The maximum absolute atomic E-state index is 14.4. The number of carboxylic acid groups (broad SMARTS) is 1. The number of methoxy groups -OCH3 is 1. The maximum atomic E-state index is 14.4. The minimum Gasteiger partial charge on any atom is -0.506 e. The number of esters is 1. The molecule has 2 aromatic rings. The normalized spacial score (nSPS) is 15.1. The second-order valence-electron chi connectivity index (χ2n) is 24.6. The highest BCUT2D eigenvalue weighted by atomic mass is 32.1. The quantitative estimate of drug-likeness (QED) is 0.0199. The Morgan fingerprint density at radius 2 is 1.41 bits per heavy atom. The number of ether oxygens (including phenoxy) is 3. The fourth-order valence-corrected chi connectivity index (χ4v) is 11.2. The summed E-state index contributed by atoms with van der Waals surface area (Å²) in [6.45, 7) is 18.0. The van der Waals surface area contributed by atoms with Crippen LogP contribution in [0.15, 0.2) is 35.7 Å². The third-order valence-electron chi connectivity index (χ3n) is 15.7. The number of nitrogens with zero attached hydrogens (tertiary/aromatic N) is 4. The summed E-state index contributed by atoms with van der Waals surface area (Å²) in [5.74, 6) is -8.59. The number of thiazole rings is 1. The Labute approximate surface area is 549 Å². The highest BCUT2D eigenvalue weighted by Crippen LogP contribution is 2.32. The van der Waals surface area contributed by atoms with E-state index >= 15 is 0 Å². The monoisotopic (exact) mass is 1330 g/mol. The zero-order valence-corrected chi connectivity index (χ0v) is 57.0. The Kier molecular flexibility index (Phi) is 33.8. The van der Waals surface area contributed by atoms with Crippen LogP contribution < -0.4 is 37.2 Å². The Bertz CT molecular complexity index is 2890. The van der Waals surface area contributed by atoms with Crippen LogP contribution in [-0.4, -0.2) is 204 Å². The molecule has 0 aliphatic carbocycles. The predicted octanol–water partition coefficient (Wildman–Crippen LogP) is 3.37. The lowest BCUT2D eigenvalue weighted by Gasteiger charge is -2.37. The minimum absolute atomic E-state index is 0.000558. The number of carbonyl (C=O) groups excluding carboxylic acids is 11. The first-order chi connectivity index (χ1) is 43.8. The molecule has 1 aromatic heterocycles. The zero-order valence-electron chi connectivity index (χ0n) is 56.2. The van der Waals surface area contributed by atoms with Crippen LogP contribution in [-0.2, 0) is 73.4 Å². The Hall–Kier alpha value is -7.89. The van der Waals surface area contributed by atoms with Crippen LogP contribution >= 0.6 is 11.3 Å². The lowest BCUT2D eigenvalue weighted by Crippen LogP contribution is -2.58.